The molecule has 0 spiro atoms. The molecule has 1 aromatic rings. The van der Waals surface area contributed by atoms with Gasteiger partial charge in [-0.1, -0.05) is 50.8 Å². The number of aryl methyl sites for hydroxylation is 2. The molecule has 0 aliphatic heterocycles. The number of benzene rings is 1. The van der Waals surface area contributed by atoms with E-state index >= 15 is 0 Å². The summed E-state index contributed by atoms with van der Waals surface area (Å²) < 4.78 is 0. The molecule has 0 heterocycles. The van der Waals surface area contributed by atoms with Gasteiger partial charge in [-0.15, -0.1) is 0 Å². The number of unbranched alkanes of at least 4 members (excludes halogenated alkanes) is 3. The second-order valence-electron chi connectivity index (χ2n) is 4.67. The first kappa shape index (κ1) is 13.2. The lowest BCUT2D eigenvalue weighted by atomic mass is 9.94. The Hall–Kier alpha value is -0.820. The minimum atomic E-state index is -0.280. The van der Waals surface area contributed by atoms with Crippen molar-refractivity contribution in [2.45, 2.75) is 59.0 Å². The number of aliphatic hydroxyl groups excluding tert-OH is 1. The Morgan fingerprint density at radius 2 is 1.69 bits per heavy atom. The summed E-state index contributed by atoms with van der Waals surface area (Å²) in [6, 6.07) is 6.22. The Morgan fingerprint density at radius 1 is 1.06 bits per heavy atom. The van der Waals surface area contributed by atoms with E-state index in [4.69, 9.17) is 0 Å². The first-order chi connectivity index (χ1) is 7.66. The van der Waals surface area contributed by atoms with Crippen molar-refractivity contribution >= 4 is 0 Å². The predicted octanol–water partition coefficient (Wildman–Crippen LogP) is 4.31. The van der Waals surface area contributed by atoms with E-state index in [2.05, 4.69) is 39.0 Å². The van der Waals surface area contributed by atoms with E-state index in [0.717, 1.165) is 18.4 Å². The van der Waals surface area contributed by atoms with Crippen molar-refractivity contribution in [3.8, 4) is 0 Å². The number of hydrogen-bond donors (Lipinski definition) is 1. The summed E-state index contributed by atoms with van der Waals surface area (Å²) in [6.45, 7) is 6.37. The largest absolute Gasteiger partial charge is 0.388 e. The highest BCUT2D eigenvalue weighted by Gasteiger charge is 2.12. The van der Waals surface area contributed by atoms with Crippen LogP contribution in [-0.4, -0.2) is 5.11 Å². The van der Waals surface area contributed by atoms with Crippen LogP contribution in [0.2, 0.25) is 0 Å². The monoisotopic (exact) mass is 220 g/mol. The van der Waals surface area contributed by atoms with Gasteiger partial charge in [0.25, 0.3) is 0 Å². The maximum absolute atomic E-state index is 10.2. The van der Waals surface area contributed by atoms with E-state index in [1.807, 2.05) is 0 Å². The quantitative estimate of drug-likeness (QED) is 0.708. The van der Waals surface area contributed by atoms with Gasteiger partial charge < -0.3 is 5.11 Å². The predicted molar refractivity (Wildman–Crippen MR) is 69.6 cm³/mol. The van der Waals surface area contributed by atoms with Crippen LogP contribution in [0.25, 0.3) is 0 Å². The van der Waals surface area contributed by atoms with Crippen LogP contribution in [0.3, 0.4) is 0 Å². The summed E-state index contributed by atoms with van der Waals surface area (Å²) in [4.78, 5) is 0. The van der Waals surface area contributed by atoms with Crippen molar-refractivity contribution in [1.29, 1.82) is 0 Å². The zero-order valence-corrected chi connectivity index (χ0v) is 10.8. The average molecular weight is 220 g/mol. The number of aliphatic hydroxyl groups is 1. The van der Waals surface area contributed by atoms with Gasteiger partial charge in [0.05, 0.1) is 6.10 Å². The standard InChI is InChI=1S/C15H24O/c1-4-5-6-7-11-14(16)15-12(2)9-8-10-13(15)3/h8-10,14,16H,4-7,11H2,1-3H3. The van der Waals surface area contributed by atoms with Crippen LogP contribution < -0.4 is 0 Å². The van der Waals surface area contributed by atoms with E-state index in [0.29, 0.717) is 0 Å². The molecule has 0 saturated carbocycles. The van der Waals surface area contributed by atoms with Gasteiger partial charge in [-0.3, -0.25) is 0 Å². The van der Waals surface area contributed by atoms with E-state index in [-0.39, 0.29) is 6.10 Å². The summed E-state index contributed by atoms with van der Waals surface area (Å²) in [7, 11) is 0. The zero-order chi connectivity index (χ0) is 12.0. The maximum atomic E-state index is 10.2. The molecular weight excluding hydrogens is 196 g/mol. The summed E-state index contributed by atoms with van der Waals surface area (Å²) in [5.74, 6) is 0. The smallest absolute Gasteiger partial charge is 0.0795 e. The molecule has 1 aromatic carbocycles. The Bertz CT molecular complexity index is 297. The highest BCUT2D eigenvalue weighted by molar-refractivity contribution is 5.35. The molecule has 0 radical (unpaired) electrons. The van der Waals surface area contributed by atoms with Gasteiger partial charge in [0.15, 0.2) is 0 Å². The molecule has 0 saturated heterocycles. The molecule has 0 bridgehead atoms. The van der Waals surface area contributed by atoms with Gasteiger partial charge >= 0.3 is 0 Å². The van der Waals surface area contributed by atoms with Crippen molar-refractivity contribution < 1.29 is 5.11 Å². The SMILES string of the molecule is CCCCCCC(O)c1c(C)cccc1C. The van der Waals surface area contributed by atoms with Crippen LogP contribution in [-0.2, 0) is 0 Å². The Morgan fingerprint density at radius 3 is 2.25 bits per heavy atom. The van der Waals surface area contributed by atoms with E-state index in [1.54, 1.807) is 0 Å². The highest BCUT2D eigenvalue weighted by Crippen LogP contribution is 2.26. The highest BCUT2D eigenvalue weighted by atomic mass is 16.3. The molecule has 1 rings (SSSR count). The Kier molecular flexibility index (Phi) is 5.54. The Labute approximate surface area is 99.5 Å². The van der Waals surface area contributed by atoms with Gasteiger partial charge in [0.2, 0.25) is 0 Å². The molecule has 1 nitrogen and oxygen atoms in total. The maximum Gasteiger partial charge on any atom is 0.0795 e. The molecule has 1 heteroatoms. The van der Waals surface area contributed by atoms with Crippen LogP contribution in [0.15, 0.2) is 18.2 Å². The number of rotatable bonds is 6. The lowest BCUT2D eigenvalue weighted by Crippen LogP contribution is -2.02. The van der Waals surface area contributed by atoms with Crippen molar-refractivity contribution in [1.82, 2.24) is 0 Å². The topological polar surface area (TPSA) is 20.2 Å². The van der Waals surface area contributed by atoms with Gasteiger partial charge in [0, 0.05) is 0 Å². The Balaban J connectivity index is 2.55. The second-order valence-corrected chi connectivity index (χ2v) is 4.67. The van der Waals surface area contributed by atoms with Crippen molar-refractivity contribution in [3.63, 3.8) is 0 Å². The molecule has 0 aliphatic carbocycles. The lowest BCUT2D eigenvalue weighted by Gasteiger charge is -2.16. The van der Waals surface area contributed by atoms with Gasteiger partial charge in [-0.25, -0.2) is 0 Å². The molecule has 1 atom stereocenters. The van der Waals surface area contributed by atoms with Crippen molar-refractivity contribution in [3.05, 3.63) is 34.9 Å². The first-order valence-electron chi connectivity index (χ1n) is 6.41. The van der Waals surface area contributed by atoms with Crippen LogP contribution in [0, 0.1) is 13.8 Å². The van der Waals surface area contributed by atoms with E-state index in [1.165, 1.54) is 30.4 Å². The molecule has 0 aromatic heterocycles. The molecular formula is C15H24O. The fourth-order valence-electron chi connectivity index (χ4n) is 2.26. The third kappa shape index (κ3) is 3.64. The fourth-order valence-corrected chi connectivity index (χ4v) is 2.26. The molecule has 0 fully saturated rings. The third-order valence-corrected chi connectivity index (χ3v) is 3.21. The van der Waals surface area contributed by atoms with E-state index in [9.17, 15) is 5.11 Å². The molecule has 0 amide bonds. The van der Waals surface area contributed by atoms with E-state index < -0.39 is 0 Å². The third-order valence-electron chi connectivity index (χ3n) is 3.21. The van der Waals surface area contributed by atoms with Gasteiger partial charge in [-0.05, 0) is 37.0 Å². The average Bonchev–Trinajstić information content (AvgIpc) is 2.24. The van der Waals surface area contributed by atoms with Crippen LogP contribution in [0.5, 0.6) is 0 Å². The minimum absolute atomic E-state index is 0.280. The van der Waals surface area contributed by atoms with Crippen LogP contribution >= 0.6 is 0 Å². The van der Waals surface area contributed by atoms with Crippen molar-refractivity contribution in [2.24, 2.45) is 0 Å². The zero-order valence-electron chi connectivity index (χ0n) is 10.8. The molecule has 90 valence electrons. The van der Waals surface area contributed by atoms with Crippen LogP contribution in [0.1, 0.15) is 61.8 Å². The molecule has 1 unspecified atom stereocenters. The second kappa shape index (κ2) is 6.70. The normalized spacial score (nSPS) is 12.8. The summed E-state index contributed by atoms with van der Waals surface area (Å²) in [6.07, 6.45) is 5.50. The minimum Gasteiger partial charge on any atom is -0.388 e. The lowest BCUT2D eigenvalue weighted by molar-refractivity contribution is 0.162. The fraction of sp³-hybridized carbons (Fsp3) is 0.600. The molecule has 1 N–H and O–H groups in total. The van der Waals surface area contributed by atoms with Gasteiger partial charge in [-0.2, -0.15) is 0 Å². The van der Waals surface area contributed by atoms with Gasteiger partial charge in [0.1, 0.15) is 0 Å². The molecule has 0 aliphatic rings. The number of hydrogen-bond acceptors (Lipinski definition) is 1. The summed E-state index contributed by atoms with van der Waals surface area (Å²) in [5.41, 5.74) is 3.56. The van der Waals surface area contributed by atoms with Crippen molar-refractivity contribution in [2.75, 3.05) is 0 Å². The molecule has 16 heavy (non-hydrogen) atoms. The first-order valence-corrected chi connectivity index (χ1v) is 6.41. The summed E-state index contributed by atoms with van der Waals surface area (Å²) in [5, 5.41) is 10.2. The van der Waals surface area contributed by atoms with Crippen LogP contribution in [0.4, 0.5) is 0 Å². The summed E-state index contributed by atoms with van der Waals surface area (Å²) >= 11 is 0.